The molecule has 0 saturated carbocycles. The lowest BCUT2D eigenvalue weighted by Gasteiger charge is -2.33. The first kappa shape index (κ1) is 21.0. The molecule has 0 radical (unpaired) electrons. The standard InChI is InChI=1S/C23H22F2N8/c1-31-9-11-32(12-10-31)19-3-2-4-20(30-19)33-14-15(13-28-33)18-7-8-27-23(29-18)21-16(24)5-6-17(26)22(21)25/h2-8,13-14H,9-12,26H2,1H3. The Morgan fingerprint density at radius 1 is 0.939 bits per heavy atom. The van der Waals surface area contributed by atoms with E-state index >= 15 is 0 Å². The Balaban J connectivity index is 1.44. The molecule has 168 valence electrons. The van der Waals surface area contributed by atoms with Crippen LogP contribution in [-0.2, 0) is 0 Å². The summed E-state index contributed by atoms with van der Waals surface area (Å²) in [5, 5.41) is 4.41. The van der Waals surface area contributed by atoms with Crippen LogP contribution in [0.5, 0.6) is 0 Å². The predicted octanol–water partition coefficient (Wildman–Crippen LogP) is 3.00. The summed E-state index contributed by atoms with van der Waals surface area (Å²) in [6.07, 6.45) is 4.85. The van der Waals surface area contributed by atoms with Gasteiger partial charge in [0.2, 0.25) is 0 Å². The van der Waals surface area contributed by atoms with E-state index in [1.54, 1.807) is 23.1 Å². The van der Waals surface area contributed by atoms with Crippen LogP contribution in [0.15, 0.2) is 55.0 Å². The van der Waals surface area contributed by atoms with Crippen LogP contribution in [0.1, 0.15) is 0 Å². The van der Waals surface area contributed by atoms with Crippen molar-refractivity contribution in [2.75, 3.05) is 43.9 Å². The van der Waals surface area contributed by atoms with Gasteiger partial charge in [0.15, 0.2) is 17.5 Å². The van der Waals surface area contributed by atoms with Gasteiger partial charge < -0.3 is 15.5 Å². The zero-order valence-corrected chi connectivity index (χ0v) is 18.0. The highest BCUT2D eigenvalue weighted by Crippen LogP contribution is 2.28. The molecule has 1 aromatic carbocycles. The quantitative estimate of drug-likeness (QED) is 0.480. The molecule has 1 aliphatic rings. The summed E-state index contributed by atoms with van der Waals surface area (Å²) in [6.45, 7) is 3.81. The number of piperazine rings is 1. The molecule has 1 aliphatic heterocycles. The molecule has 1 saturated heterocycles. The Kier molecular flexibility index (Phi) is 5.43. The molecule has 0 aliphatic carbocycles. The number of hydrogen-bond acceptors (Lipinski definition) is 7. The zero-order valence-electron chi connectivity index (χ0n) is 18.0. The monoisotopic (exact) mass is 448 g/mol. The van der Waals surface area contributed by atoms with Gasteiger partial charge in [0.25, 0.3) is 0 Å². The van der Waals surface area contributed by atoms with Crippen molar-refractivity contribution in [2.45, 2.75) is 0 Å². The first-order valence-electron chi connectivity index (χ1n) is 10.5. The van der Waals surface area contributed by atoms with E-state index in [0.717, 1.165) is 38.1 Å². The van der Waals surface area contributed by atoms with Gasteiger partial charge in [-0.05, 0) is 37.4 Å². The van der Waals surface area contributed by atoms with Crippen LogP contribution in [0.3, 0.4) is 0 Å². The Bertz CT molecular complexity index is 1300. The highest BCUT2D eigenvalue weighted by molar-refractivity contribution is 5.66. The van der Waals surface area contributed by atoms with Gasteiger partial charge in [-0.1, -0.05) is 6.07 Å². The second kappa shape index (κ2) is 8.55. The molecule has 0 amide bonds. The second-order valence-electron chi connectivity index (χ2n) is 7.91. The molecule has 2 N–H and O–H groups in total. The summed E-state index contributed by atoms with van der Waals surface area (Å²) >= 11 is 0. The van der Waals surface area contributed by atoms with E-state index in [4.69, 9.17) is 10.7 Å². The predicted molar refractivity (Wildman–Crippen MR) is 122 cm³/mol. The Hall–Kier alpha value is -3.92. The van der Waals surface area contributed by atoms with E-state index in [0.29, 0.717) is 17.1 Å². The smallest absolute Gasteiger partial charge is 0.165 e. The van der Waals surface area contributed by atoms with E-state index < -0.39 is 11.6 Å². The summed E-state index contributed by atoms with van der Waals surface area (Å²) in [6, 6.07) is 9.74. The van der Waals surface area contributed by atoms with Crippen LogP contribution in [0.4, 0.5) is 20.3 Å². The molecule has 4 heterocycles. The fourth-order valence-electron chi connectivity index (χ4n) is 3.75. The van der Waals surface area contributed by atoms with Gasteiger partial charge in [0.05, 0.1) is 23.1 Å². The molecule has 4 aromatic rings. The minimum Gasteiger partial charge on any atom is -0.396 e. The van der Waals surface area contributed by atoms with E-state index in [1.165, 1.54) is 12.3 Å². The normalized spacial score (nSPS) is 14.6. The lowest BCUT2D eigenvalue weighted by atomic mass is 10.1. The lowest BCUT2D eigenvalue weighted by molar-refractivity contribution is 0.312. The number of rotatable bonds is 4. The average Bonchev–Trinajstić information content (AvgIpc) is 3.33. The first-order valence-corrected chi connectivity index (χ1v) is 10.5. The average molecular weight is 448 g/mol. The number of benzene rings is 1. The fraction of sp³-hybridized carbons (Fsp3) is 0.217. The van der Waals surface area contributed by atoms with Gasteiger partial charge in [0.1, 0.15) is 11.6 Å². The molecule has 1 fully saturated rings. The molecule has 33 heavy (non-hydrogen) atoms. The van der Waals surface area contributed by atoms with Crippen molar-refractivity contribution in [3.63, 3.8) is 0 Å². The number of nitrogens with two attached hydrogens (primary N) is 1. The Labute approximate surface area is 189 Å². The minimum absolute atomic E-state index is 0.0854. The van der Waals surface area contributed by atoms with Crippen LogP contribution in [0, 0.1) is 11.6 Å². The third-order valence-corrected chi connectivity index (χ3v) is 5.66. The number of aromatic nitrogens is 5. The maximum absolute atomic E-state index is 14.4. The second-order valence-corrected chi connectivity index (χ2v) is 7.91. The van der Waals surface area contributed by atoms with Crippen molar-refractivity contribution in [2.24, 2.45) is 0 Å². The number of pyridine rings is 1. The van der Waals surface area contributed by atoms with Gasteiger partial charge in [-0.15, -0.1) is 0 Å². The summed E-state index contributed by atoms with van der Waals surface area (Å²) in [7, 11) is 2.11. The Morgan fingerprint density at radius 3 is 2.55 bits per heavy atom. The summed E-state index contributed by atoms with van der Waals surface area (Å²) < 4.78 is 30.4. The summed E-state index contributed by atoms with van der Waals surface area (Å²) in [5.74, 6) is -0.181. The number of hydrogen-bond donors (Lipinski definition) is 1. The minimum atomic E-state index is -0.882. The summed E-state index contributed by atoms with van der Waals surface area (Å²) in [5.41, 5.74) is 6.21. The van der Waals surface area contributed by atoms with Crippen LogP contribution in [0.2, 0.25) is 0 Å². The Morgan fingerprint density at radius 2 is 1.73 bits per heavy atom. The number of nitrogens with zero attached hydrogens (tertiary/aromatic N) is 7. The van der Waals surface area contributed by atoms with Gasteiger partial charge in [0, 0.05) is 44.1 Å². The molecule has 10 heteroatoms. The van der Waals surface area contributed by atoms with Crippen LogP contribution in [-0.4, -0.2) is 62.9 Å². The van der Waals surface area contributed by atoms with E-state index in [-0.39, 0.29) is 17.1 Å². The maximum atomic E-state index is 14.4. The van der Waals surface area contributed by atoms with Crippen molar-refractivity contribution in [1.82, 2.24) is 29.6 Å². The molecule has 0 spiro atoms. The number of halogens is 2. The number of likely N-dealkylation sites (N-methyl/N-ethyl adjacent to an activating group) is 1. The van der Waals surface area contributed by atoms with E-state index in [9.17, 15) is 8.78 Å². The maximum Gasteiger partial charge on any atom is 0.165 e. The summed E-state index contributed by atoms with van der Waals surface area (Å²) in [4.78, 5) is 17.7. The molecule has 0 bridgehead atoms. The van der Waals surface area contributed by atoms with Crippen LogP contribution >= 0.6 is 0 Å². The van der Waals surface area contributed by atoms with Crippen molar-refractivity contribution in [3.8, 4) is 28.5 Å². The van der Waals surface area contributed by atoms with Crippen LogP contribution in [0.25, 0.3) is 28.5 Å². The van der Waals surface area contributed by atoms with Crippen molar-refractivity contribution >= 4 is 11.5 Å². The van der Waals surface area contributed by atoms with Crippen LogP contribution < -0.4 is 10.6 Å². The van der Waals surface area contributed by atoms with Gasteiger partial charge in [-0.25, -0.2) is 28.4 Å². The van der Waals surface area contributed by atoms with Crippen molar-refractivity contribution in [3.05, 3.63) is 66.6 Å². The SMILES string of the molecule is CN1CCN(c2cccc(-n3cc(-c4ccnc(-c5c(F)ccc(N)c5F)n4)cn3)n2)CC1. The van der Waals surface area contributed by atoms with Crippen molar-refractivity contribution in [1.29, 1.82) is 0 Å². The largest absolute Gasteiger partial charge is 0.396 e. The molecule has 8 nitrogen and oxygen atoms in total. The fourth-order valence-corrected chi connectivity index (χ4v) is 3.75. The molecule has 3 aromatic heterocycles. The number of anilines is 2. The first-order chi connectivity index (χ1) is 16.0. The molecule has 0 atom stereocenters. The molecule has 0 unspecified atom stereocenters. The van der Waals surface area contributed by atoms with Gasteiger partial charge in [-0.2, -0.15) is 5.10 Å². The third-order valence-electron chi connectivity index (χ3n) is 5.66. The lowest BCUT2D eigenvalue weighted by Crippen LogP contribution is -2.44. The highest BCUT2D eigenvalue weighted by Gasteiger charge is 2.19. The highest BCUT2D eigenvalue weighted by atomic mass is 19.1. The van der Waals surface area contributed by atoms with Gasteiger partial charge >= 0.3 is 0 Å². The molecular formula is C23H22F2N8. The number of nitrogen functional groups attached to an aromatic ring is 1. The zero-order chi connectivity index (χ0) is 22.9. The topological polar surface area (TPSA) is 89.0 Å². The third kappa shape index (κ3) is 4.12. The van der Waals surface area contributed by atoms with E-state index in [2.05, 4.69) is 31.9 Å². The molecular weight excluding hydrogens is 426 g/mol. The van der Waals surface area contributed by atoms with E-state index in [1.807, 2.05) is 18.2 Å². The molecule has 5 rings (SSSR count). The van der Waals surface area contributed by atoms with Crippen molar-refractivity contribution < 1.29 is 8.78 Å². The van der Waals surface area contributed by atoms with Gasteiger partial charge in [-0.3, -0.25) is 0 Å².